The second-order valence-corrected chi connectivity index (χ2v) is 5.14. The molecular weight excluding hydrogens is 323 g/mol. The van der Waals surface area contributed by atoms with Gasteiger partial charge in [0.1, 0.15) is 11.9 Å². The van der Waals surface area contributed by atoms with Crippen molar-refractivity contribution in [1.82, 2.24) is 0 Å². The van der Waals surface area contributed by atoms with Crippen molar-refractivity contribution in [3.8, 4) is 6.07 Å². The molecule has 2 aromatic carbocycles. The van der Waals surface area contributed by atoms with Crippen molar-refractivity contribution >= 4 is 21.6 Å². The van der Waals surface area contributed by atoms with Crippen LogP contribution in [0.3, 0.4) is 0 Å². The summed E-state index contributed by atoms with van der Waals surface area (Å²) in [7, 11) is 0. The number of anilines is 1. The molecule has 0 saturated carbocycles. The molecule has 1 unspecified atom stereocenters. The first-order valence-electron chi connectivity index (χ1n) is 5.98. The highest BCUT2D eigenvalue weighted by molar-refractivity contribution is 9.10. The van der Waals surface area contributed by atoms with Crippen LogP contribution in [0.4, 0.5) is 10.1 Å². The zero-order valence-electron chi connectivity index (χ0n) is 10.5. The van der Waals surface area contributed by atoms with E-state index in [1.54, 1.807) is 30.3 Å². The van der Waals surface area contributed by atoms with Gasteiger partial charge in [0.25, 0.3) is 0 Å². The van der Waals surface area contributed by atoms with Crippen molar-refractivity contribution in [2.24, 2.45) is 0 Å². The zero-order chi connectivity index (χ0) is 14.5. The summed E-state index contributed by atoms with van der Waals surface area (Å²) in [4.78, 5) is 0. The predicted octanol–water partition coefficient (Wildman–Crippen LogP) is 3.61. The summed E-state index contributed by atoms with van der Waals surface area (Å²) in [6.07, 6.45) is -0.980. The SMILES string of the molecule is N#Cc1cc(Br)ccc1NCC(O)c1ccccc1F. The number of hydrogen-bond donors (Lipinski definition) is 2. The molecule has 0 aliphatic rings. The molecule has 0 heterocycles. The van der Waals surface area contributed by atoms with Crippen LogP contribution in [0.2, 0.25) is 0 Å². The minimum atomic E-state index is -0.980. The first-order chi connectivity index (χ1) is 9.61. The van der Waals surface area contributed by atoms with Gasteiger partial charge in [-0.05, 0) is 24.3 Å². The first kappa shape index (κ1) is 14.5. The summed E-state index contributed by atoms with van der Waals surface area (Å²) >= 11 is 3.29. The molecule has 2 aromatic rings. The molecule has 5 heteroatoms. The maximum atomic E-state index is 13.5. The Bertz CT molecular complexity index is 655. The van der Waals surface area contributed by atoms with E-state index in [1.807, 2.05) is 0 Å². The van der Waals surface area contributed by atoms with Crippen molar-refractivity contribution in [2.75, 3.05) is 11.9 Å². The van der Waals surface area contributed by atoms with Gasteiger partial charge in [-0.15, -0.1) is 0 Å². The Morgan fingerprint density at radius 1 is 1.30 bits per heavy atom. The molecule has 0 aliphatic heterocycles. The third-order valence-corrected chi connectivity index (χ3v) is 3.35. The van der Waals surface area contributed by atoms with Gasteiger partial charge < -0.3 is 10.4 Å². The van der Waals surface area contributed by atoms with Crippen molar-refractivity contribution in [1.29, 1.82) is 5.26 Å². The second kappa shape index (κ2) is 6.51. The lowest BCUT2D eigenvalue weighted by Crippen LogP contribution is -2.14. The number of nitrogens with zero attached hydrogens (tertiary/aromatic N) is 1. The molecule has 0 aliphatic carbocycles. The quantitative estimate of drug-likeness (QED) is 0.898. The fraction of sp³-hybridized carbons (Fsp3) is 0.133. The number of benzene rings is 2. The van der Waals surface area contributed by atoms with E-state index >= 15 is 0 Å². The van der Waals surface area contributed by atoms with Crippen LogP contribution in [0.15, 0.2) is 46.9 Å². The van der Waals surface area contributed by atoms with Gasteiger partial charge >= 0.3 is 0 Å². The zero-order valence-corrected chi connectivity index (χ0v) is 12.1. The van der Waals surface area contributed by atoms with Gasteiger partial charge in [0.2, 0.25) is 0 Å². The Kier molecular flexibility index (Phi) is 4.72. The highest BCUT2D eigenvalue weighted by atomic mass is 79.9. The summed E-state index contributed by atoms with van der Waals surface area (Å²) in [5, 5.41) is 22.0. The van der Waals surface area contributed by atoms with Crippen molar-refractivity contribution in [3.63, 3.8) is 0 Å². The number of aliphatic hydroxyl groups excluding tert-OH is 1. The molecule has 20 heavy (non-hydrogen) atoms. The minimum Gasteiger partial charge on any atom is -0.386 e. The van der Waals surface area contributed by atoms with Gasteiger partial charge in [-0.25, -0.2) is 4.39 Å². The average molecular weight is 335 g/mol. The maximum Gasteiger partial charge on any atom is 0.129 e. The topological polar surface area (TPSA) is 56.0 Å². The van der Waals surface area contributed by atoms with E-state index in [-0.39, 0.29) is 12.1 Å². The molecule has 102 valence electrons. The lowest BCUT2D eigenvalue weighted by molar-refractivity contribution is 0.186. The molecule has 0 bridgehead atoms. The van der Waals surface area contributed by atoms with Gasteiger partial charge in [0, 0.05) is 16.6 Å². The second-order valence-electron chi connectivity index (χ2n) is 4.22. The van der Waals surface area contributed by atoms with Crippen molar-refractivity contribution in [2.45, 2.75) is 6.10 Å². The van der Waals surface area contributed by atoms with E-state index in [9.17, 15) is 9.50 Å². The van der Waals surface area contributed by atoms with Crippen molar-refractivity contribution in [3.05, 3.63) is 63.9 Å². The van der Waals surface area contributed by atoms with E-state index in [0.717, 1.165) is 4.47 Å². The number of halogens is 2. The van der Waals surface area contributed by atoms with Gasteiger partial charge in [0.05, 0.1) is 17.4 Å². The Hall–Kier alpha value is -1.90. The number of nitrogens with one attached hydrogen (secondary N) is 1. The van der Waals surface area contributed by atoms with E-state index < -0.39 is 11.9 Å². The van der Waals surface area contributed by atoms with Crippen LogP contribution in [-0.2, 0) is 0 Å². The number of nitriles is 1. The summed E-state index contributed by atoms with van der Waals surface area (Å²) in [5.41, 5.74) is 1.29. The summed E-state index contributed by atoms with van der Waals surface area (Å²) in [5.74, 6) is -0.446. The highest BCUT2D eigenvalue weighted by Crippen LogP contribution is 2.22. The van der Waals surface area contributed by atoms with Crippen LogP contribution in [0.1, 0.15) is 17.2 Å². The maximum absolute atomic E-state index is 13.5. The largest absolute Gasteiger partial charge is 0.386 e. The third kappa shape index (κ3) is 3.35. The van der Waals surface area contributed by atoms with Crippen LogP contribution in [0, 0.1) is 17.1 Å². The molecule has 0 radical (unpaired) electrons. The van der Waals surface area contributed by atoms with Gasteiger partial charge in [-0.2, -0.15) is 5.26 Å². The van der Waals surface area contributed by atoms with Gasteiger partial charge in [-0.3, -0.25) is 0 Å². The van der Waals surface area contributed by atoms with Crippen molar-refractivity contribution < 1.29 is 9.50 Å². The Morgan fingerprint density at radius 3 is 2.75 bits per heavy atom. The lowest BCUT2D eigenvalue weighted by Gasteiger charge is -2.14. The van der Waals surface area contributed by atoms with Gasteiger partial charge in [-0.1, -0.05) is 34.1 Å². The number of rotatable bonds is 4. The highest BCUT2D eigenvalue weighted by Gasteiger charge is 2.12. The fourth-order valence-electron chi connectivity index (χ4n) is 1.83. The van der Waals surface area contributed by atoms with E-state index in [2.05, 4.69) is 27.3 Å². The normalized spacial score (nSPS) is 11.7. The first-order valence-corrected chi connectivity index (χ1v) is 6.77. The van der Waals surface area contributed by atoms with E-state index in [4.69, 9.17) is 5.26 Å². The summed E-state index contributed by atoms with van der Waals surface area (Å²) in [6.45, 7) is 0.122. The number of aliphatic hydroxyl groups is 1. The van der Waals surface area contributed by atoms with Crippen LogP contribution < -0.4 is 5.32 Å². The number of hydrogen-bond acceptors (Lipinski definition) is 3. The smallest absolute Gasteiger partial charge is 0.129 e. The Balaban J connectivity index is 2.10. The van der Waals surface area contributed by atoms with E-state index in [1.165, 1.54) is 12.1 Å². The molecule has 3 nitrogen and oxygen atoms in total. The molecule has 0 aromatic heterocycles. The summed E-state index contributed by atoms with van der Waals surface area (Å²) in [6, 6.07) is 13.3. The molecule has 0 fully saturated rings. The van der Waals surface area contributed by atoms with Gasteiger partial charge in [0.15, 0.2) is 0 Å². The molecule has 1 atom stereocenters. The molecule has 0 saturated heterocycles. The fourth-order valence-corrected chi connectivity index (χ4v) is 2.19. The molecular formula is C15H12BrFN2O. The van der Waals surface area contributed by atoms with Crippen LogP contribution in [-0.4, -0.2) is 11.7 Å². The minimum absolute atomic E-state index is 0.122. The molecule has 2 rings (SSSR count). The van der Waals surface area contributed by atoms with Crippen LogP contribution in [0.25, 0.3) is 0 Å². The van der Waals surface area contributed by atoms with Crippen LogP contribution in [0.5, 0.6) is 0 Å². The monoisotopic (exact) mass is 334 g/mol. The molecule has 0 amide bonds. The lowest BCUT2D eigenvalue weighted by atomic mass is 10.1. The van der Waals surface area contributed by atoms with Crippen LogP contribution >= 0.6 is 15.9 Å². The average Bonchev–Trinajstić information content (AvgIpc) is 2.46. The molecule has 2 N–H and O–H groups in total. The predicted molar refractivity (Wildman–Crippen MR) is 78.7 cm³/mol. The summed E-state index contributed by atoms with van der Waals surface area (Å²) < 4.78 is 14.3. The Labute approximate surface area is 124 Å². The third-order valence-electron chi connectivity index (χ3n) is 2.85. The molecule has 0 spiro atoms. The van der Waals surface area contributed by atoms with E-state index in [0.29, 0.717) is 11.3 Å². The standard InChI is InChI=1S/C15H12BrFN2O/c16-11-5-6-14(10(7-11)8-18)19-9-15(20)12-3-1-2-4-13(12)17/h1-7,15,19-20H,9H2. The Morgan fingerprint density at radius 2 is 2.05 bits per heavy atom.